The molecule has 1 saturated carbocycles. The Morgan fingerprint density at radius 1 is 1.19 bits per heavy atom. The number of amides is 1. The fourth-order valence-electron chi connectivity index (χ4n) is 4.31. The summed E-state index contributed by atoms with van der Waals surface area (Å²) in [6, 6.07) is 10.1. The summed E-state index contributed by atoms with van der Waals surface area (Å²) in [5.41, 5.74) is 1.18. The molecule has 0 unspecified atom stereocenters. The summed E-state index contributed by atoms with van der Waals surface area (Å²) in [7, 11) is 0. The number of Topliss-reactive ketones (excluding diaryl/α,β-unsaturated/α-hetero) is 1. The number of benzene rings is 2. The molecule has 10 heteroatoms. The lowest BCUT2D eigenvalue weighted by Crippen LogP contribution is -2.48. The highest BCUT2D eigenvalue weighted by atomic mass is 35.5. The number of rotatable bonds is 10. The predicted molar refractivity (Wildman–Crippen MR) is 140 cm³/mol. The van der Waals surface area contributed by atoms with E-state index < -0.39 is 23.8 Å². The molecule has 2 aliphatic rings. The molecule has 2 fully saturated rings. The van der Waals surface area contributed by atoms with E-state index in [2.05, 4.69) is 15.2 Å². The van der Waals surface area contributed by atoms with Crippen molar-refractivity contribution in [2.75, 3.05) is 19.6 Å². The van der Waals surface area contributed by atoms with Gasteiger partial charge in [-0.3, -0.25) is 9.59 Å². The normalized spacial score (nSPS) is 17.4. The van der Waals surface area contributed by atoms with Crippen molar-refractivity contribution < 1.29 is 23.8 Å². The summed E-state index contributed by atoms with van der Waals surface area (Å²) in [6.07, 6.45) is 4.55. The zero-order valence-corrected chi connectivity index (χ0v) is 21.6. The molecule has 194 valence electrons. The first-order valence-corrected chi connectivity index (χ1v) is 13.5. The Labute approximate surface area is 223 Å². The van der Waals surface area contributed by atoms with E-state index in [1.807, 2.05) is 0 Å². The van der Waals surface area contributed by atoms with Gasteiger partial charge in [-0.25, -0.2) is 9.37 Å². The van der Waals surface area contributed by atoms with E-state index in [1.165, 1.54) is 18.3 Å². The summed E-state index contributed by atoms with van der Waals surface area (Å²) in [4.78, 5) is 32.5. The molecule has 1 aliphatic carbocycles. The van der Waals surface area contributed by atoms with Crippen LogP contribution in [-0.4, -0.2) is 58.5 Å². The Balaban J connectivity index is 1.30. The number of hydrogen-bond acceptors (Lipinski definition) is 7. The van der Waals surface area contributed by atoms with E-state index in [1.54, 1.807) is 30.3 Å². The second kappa shape index (κ2) is 11.3. The van der Waals surface area contributed by atoms with Crippen LogP contribution in [0.5, 0.6) is 5.75 Å². The van der Waals surface area contributed by atoms with Gasteiger partial charge in [-0.1, -0.05) is 17.7 Å². The Morgan fingerprint density at radius 3 is 2.59 bits per heavy atom. The van der Waals surface area contributed by atoms with E-state index in [9.17, 15) is 19.1 Å². The Bertz CT molecular complexity index is 1270. The van der Waals surface area contributed by atoms with Crippen molar-refractivity contribution in [2.45, 2.75) is 43.9 Å². The van der Waals surface area contributed by atoms with Crippen molar-refractivity contribution in [3.05, 3.63) is 69.9 Å². The summed E-state index contributed by atoms with van der Waals surface area (Å²) in [5, 5.41) is 14.9. The summed E-state index contributed by atoms with van der Waals surface area (Å²) < 4.78 is 19.0. The third kappa shape index (κ3) is 6.35. The SMILES string of the molecule is O=C(N[C@H](CN1CCCC1)[C@H](O)c1ccc(OC2CC2)c(Cl)c1)C(=O)c1cnc(-c2ccc(F)cc2)s1. The number of carbonyl (C=O) groups excluding carboxylic acids is 2. The average Bonchev–Trinajstić information content (AvgIpc) is 3.33. The van der Waals surface area contributed by atoms with Crippen molar-refractivity contribution in [3.8, 4) is 16.3 Å². The maximum atomic E-state index is 13.2. The van der Waals surface area contributed by atoms with Crippen molar-refractivity contribution in [1.82, 2.24) is 15.2 Å². The van der Waals surface area contributed by atoms with Crippen LogP contribution in [0.25, 0.3) is 10.6 Å². The molecular weight excluding hydrogens is 517 g/mol. The zero-order valence-electron chi connectivity index (χ0n) is 20.0. The lowest BCUT2D eigenvalue weighted by molar-refractivity contribution is -0.118. The number of nitrogens with zero attached hydrogens (tertiary/aromatic N) is 2. The van der Waals surface area contributed by atoms with Crippen LogP contribution in [0, 0.1) is 5.82 Å². The predicted octanol–water partition coefficient (Wildman–Crippen LogP) is 4.64. The van der Waals surface area contributed by atoms with Crippen molar-refractivity contribution in [1.29, 1.82) is 0 Å². The van der Waals surface area contributed by atoms with Crippen molar-refractivity contribution in [3.63, 3.8) is 0 Å². The first-order valence-electron chi connectivity index (χ1n) is 12.3. The van der Waals surface area contributed by atoms with Gasteiger partial charge in [0.15, 0.2) is 0 Å². The van der Waals surface area contributed by atoms with Gasteiger partial charge in [0.2, 0.25) is 0 Å². The molecule has 7 nitrogen and oxygen atoms in total. The molecule has 1 saturated heterocycles. The lowest BCUT2D eigenvalue weighted by Gasteiger charge is -2.28. The number of ether oxygens (including phenoxy) is 1. The third-order valence-electron chi connectivity index (χ3n) is 6.49. The van der Waals surface area contributed by atoms with Crippen molar-refractivity contribution >= 4 is 34.6 Å². The summed E-state index contributed by atoms with van der Waals surface area (Å²) in [6.45, 7) is 2.11. The van der Waals surface area contributed by atoms with Crippen LogP contribution < -0.4 is 10.1 Å². The van der Waals surface area contributed by atoms with Gasteiger partial charge in [-0.2, -0.15) is 0 Å². The van der Waals surface area contributed by atoms with E-state index >= 15 is 0 Å². The number of aliphatic hydroxyl groups excluding tert-OH is 1. The molecule has 2 aromatic carbocycles. The number of aromatic nitrogens is 1. The zero-order chi connectivity index (χ0) is 25.9. The van der Waals surface area contributed by atoms with Gasteiger partial charge in [0.1, 0.15) is 27.6 Å². The minimum Gasteiger partial charge on any atom is -0.489 e. The highest BCUT2D eigenvalue weighted by Gasteiger charge is 2.31. The number of halogens is 2. The van der Waals surface area contributed by atoms with Crippen LogP contribution in [-0.2, 0) is 4.79 Å². The van der Waals surface area contributed by atoms with Gasteiger partial charge in [0.05, 0.1) is 23.4 Å². The lowest BCUT2D eigenvalue weighted by atomic mass is 10.0. The van der Waals surface area contributed by atoms with Gasteiger partial charge in [-0.05, 0) is 80.7 Å². The second-order valence-electron chi connectivity index (χ2n) is 9.41. The van der Waals surface area contributed by atoms with E-state index in [-0.39, 0.29) is 16.8 Å². The average molecular weight is 544 g/mol. The number of nitrogens with one attached hydrogen (secondary N) is 1. The number of thiazole rings is 1. The molecule has 0 bridgehead atoms. The first-order chi connectivity index (χ1) is 17.9. The molecule has 0 spiro atoms. The van der Waals surface area contributed by atoms with Gasteiger partial charge in [0.25, 0.3) is 11.7 Å². The molecule has 2 atom stereocenters. The number of likely N-dealkylation sites (tertiary alicyclic amines) is 1. The smallest absolute Gasteiger partial charge is 0.293 e. The maximum Gasteiger partial charge on any atom is 0.293 e. The second-order valence-corrected chi connectivity index (χ2v) is 10.8. The fourth-order valence-corrected chi connectivity index (χ4v) is 5.41. The molecule has 2 N–H and O–H groups in total. The molecule has 0 radical (unpaired) electrons. The van der Waals surface area contributed by atoms with Gasteiger partial charge in [-0.15, -0.1) is 11.3 Å². The standard InChI is InChI=1S/C27H27ClFN3O4S/c28-20-13-17(5-10-22(20)36-19-8-9-19)24(33)21(15-32-11-1-2-12-32)31-26(35)25(34)23-14-30-27(37-23)16-3-6-18(29)7-4-16/h3-7,10,13-14,19,21,24,33H,1-2,8-9,11-12,15H2,(H,31,35)/t21-,24-/m1/s1. The van der Waals surface area contributed by atoms with Crippen LogP contribution in [0.1, 0.15) is 47.0 Å². The molecule has 1 amide bonds. The first kappa shape index (κ1) is 25.8. The topological polar surface area (TPSA) is 91.8 Å². The number of carbonyl (C=O) groups is 2. The van der Waals surface area contributed by atoms with E-state index in [0.717, 1.165) is 50.1 Å². The molecule has 1 aromatic heterocycles. The number of ketones is 1. The van der Waals surface area contributed by atoms with E-state index in [4.69, 9.17) is 16.3 Å². The minimum atomic E-state index is -1.08. The molecular formula is C27H27ClFN3O4S. The van der Waals surface area contributed by atoms with Crippen LogP contribution >= 0.6 is 22.9 Å². The Kier molecular flexibility index (Phi) is 7.85. The van der Waals surface area contributed by atoms with Gasteiger partial charge >= 0.3 is 0 Å². The molecule has 5 rings (SSSR count). The van der Waals surface area contributed by atoms with Crippen molar-refractivity contribution in [2.24, 2.45) is 0 Å². The highest BCUT2D eigenvalue weighted by molar-refractivity contribution is 7.17. The molecule has 37 heavy (non-hydrogen) atoms. The van der Waals surface area contributed by atoms with Gasteiger partial charge in [0, 0.05) is 12.1 Å². The number of aliphatic hydroxyl groups is 1. The largest absolute Gasteiger partial charge is 0.489 e. The van der Waals surface area contributed by atoms with Crippen LogP contribution in [0.15, 0.2) is 48.7 Å². The van der Waals surface area contributed by atoms with Crippen LogP contribution in [0.2, 0.25) is 5.02 Å². The molecule has 3 aromatic rings. The summed E-state index contributed by atoms with van der Waals surface area (Å²) >= 11 is 7.46. The number of hydrogen-bond donors (Lipinski definition) is 2. The third-order valence-corrected chi connectivity index (χ3v) is 7.83. The van der Waals surface area contributed by atoms with E-state index in [0.29, 0.717) is 33.5 Å². The Morgan fingerprint density at radius 2 is 1.92 bits per heavy atom. The fraction of sp³-hybridized carbons (Fsp3) is 0.370. The van der Waals surface area contributed by atoms with Crippen LogP contribution in [0.3, 0.4) is 0 Å². The Hall–Kier alpha value is -2.85. The molecule has 1 aliphatic heterocycles. The summed E-state index contributed by atoms with van der Waals surface area (Å²) in [5.74, 6) is -1.37. The highest BCUT2D eigenvalue weighted by Crippen LogP contribution is 2.34. The van der Waals surface area contributed by atoms with Crippen LogP contribution in [0.4, 0.5) is 4.39 Å². The minimum absolute atomic E-state index is 0.163. The quantitative estimate of drug-likeness (QED) is 0.286. The van der Waals surface area contributed by atoms with Gasteiger partial charge < -0.3 is 20.1 Å². The monoisotopic (exact) mass is 543 g/mol. The maximum absolute atomic E-state index is 13.2. The molecule has 2 heterocycles.